The third-order valence-corrected chi connectivity index (χ3v) is 5.65. The molecule has 2 N–H and O–H groups in total. The summed E-state index contributed by atoms with van der Waals surface area (Å²) in [5.41, 5.74) is 3.81. The third kappa shape index (κ3) is 5.71. The summed E-state index contributed by atoms with van der Waals surface area (Å²) in [6.07, 6.45) is 4.06. The minimum Gasteiger partial charge on any atom is -0.379 e. The zero-order valence-corrected chi connectivity index (χ0v) is 17.7. The summed E-state index contributed by atoms with van der Waals surface area (Å²) >= 11 is 0. The lowest BCUT2D eigenvalue weighted by Crippen LogP contribution is -2.26. The Kier molecular flexibility index (Phi) is 7.33. The number of aryl methyl sites for hydroxylation is 1. The molecule has 164 valence electrons. The number of ether oxygens (including phenoxy) is 2. The van der Waals surface area contributed by atoms with Gasteiger partial charge in [-0.25, -0.2) is 4.39 Å². The molecule has 0 saturated carbocycles. The van der Waals surface area contributed by atoms with Crippen LogP contribution in [0.5, 0.6) is 0 Å². The highest BCUT2D eigenvalue weighted by molar-refractivity contribution is 5.91. The van der Waals surface area contributed by atoms with Gasteiger partial charge in [-0.1, -0.05) is 30.3 Å². The Bertz CT molecular complexity index is 997. The first-order valence-corrected chi connectivity index (χ1v) is 11.0. The number of hydrogen-bond acceptors (Lipinski definition) is 3. The van der Waals surface area contributed by atoms with Crippen LogP contribution in [0.1, 0.15) is 31.2 Å². The summed E-state index contributed by atoms with van der Waals surface area (Å²) < 4.78 is 25.0. The summed E-state index contributed by atoms with van der Waals surface area (Å²) in [6.45, 7) is 2.66. The van der Waals surface area contributed by atoms with E-state index in [2.05, 4.69) is 10.3 Å². The summed E-state index contributed by atoms with van der Waals surface area (Å²) in [6, 6.07) is 14.7. The summed E-state index contributed by atoms with van der Waals surface area (Å²) in [4.78, 5) is 15.8. The van der Waals surface area contributed by atoms with Crippen molar-refractivity contribution in [3.05, 3.63) is 59.9 Å². The van der Waals surface area contributed by atoms with Gasteiger partial charge >= 0.3 is 0 Å². The van der Waals surface area contributed by atoms with Crippen LogP contribution >= 0.6 is 0 Å². The van der Waals surface area contributed by atoms with Crippen molar-refractivity contribution in [2.24, 2.45) is 0 Å². The lowest BCUT2D eigenvalue weighted by atomic mass is 10.0. The molecule has 4 rings (SSSR count). The number of H-pyrrole nitrogens is 1. The monoisotopic (exact) mass is 424 g/mol. The van der Waals surface area contributed by atoms with Gasteiger partial charge in [0, 0.05) is 42.8 Å². The van der Waals surface area contributed by atoms with Gasteiger partial charge in [-0.3, -0.25) is 4.79 Å². The molecule has 0 bridgehead atoms. The Balaban J connectivity index is 1.30. The molecule has 1 aliphatic heterocycles. The standard InChI is InChI=1S/C25H29FN2O3/c26-19-9-11-23-22(16-19)21(25(28-23)18-6-2-1-3-7-18)10-12-24(29)27-13-5-14-30-17-20-8-4-15-31-20/h1-3,6-7,9,11,16,20,28H,4-5,8,10,12-15,17H2,(H,27,29). The molecule has 31 heavy (non-hydrogen) atoms. The topological polar surface area (TPSA) is 63.4 Å². The molecule has 0 aliphatic carbocycles. The van der Waals surface area contributed by atoms with E-state index in [0.717, 1.165) is 53.6 Å². The van der Waals surface area contributed by atoms with Gasteiger partial charge in [0.25, 0.3) is 0 Å². The van der Waals surface area contributed by atoms with Crippen LogP contribution in [0.25, 0.3) is 22.2 Å². The Labute approximate surface area is 181 Å². The Morgan fingerprint density at radius 3 is 2.90 bits per heavy atom. The third-order valence-electron chi connectivity index (χ3n) is 5.65. The van der Waals surface area contributed by atoms with E-state index in [1.54, 1.807) is 6.07 Å². The molecule has 1 amide bonds. The number of hydrogen-bond donors (Lipinski definition) is 2. The molecule has 1 aromatic heterocycles. The second-order valence-electron chi connectivity index (χ2n) is 7.95. The van der Waals surface area contributed by atoms with Gasteiger partial charge in [-0.2, -0.15) is 0 Å². The molecule has 1 fully saturated rings. The summed E-state index contributed by atoms with van der Waals surface area (Å²) in [5, 5.41) is 3.79. The van der Waals surface area contributed by atoms with Gasteiger partial charge in [0.1, 0.15) is 5.82 Å². The fraction of sp³-hybridized carbons (Fsp3) is 0.400. The van der Waals surface area contributed by atoms with Crippen LogP contribution in [0.3, 0.4) is 0 Å². The molecule has 1 saturated heterocycles. The highest BCUT2D eigenvalue weighted by Crippen LogP contribution is 2.31. The first-order chi connectivity index (χ1) is 15.2. The minimum atomic E-state index is -0.278. The minimum absolute atomic E-state index is 0.0103. The molecule has 5 nitrogen and oxygen atoms in total. The number of halogens is 1. The van der Waals surface area contributed by atoms with E-state index < -0.39 is 0 Å². The molecule has 2 aromatic carbocycles. The smallest absolute Gasteiger partial charge is 0.220 e. The van der Waals surface area contributed by atoms with E-state index in [1.807, 2.05) is 30.3 Å². The number of nitrogens with one attached hydrogen (secondary N) is 2. The van der Waals surface area contributed by atoms with Crippen LogP contribution in [0.15, 0.2) is 48.5 Å². The van der Waals surface area contributed by atoms with Crippen LogP contribution in [-0.2, 0) is 20.7 Å². The van der Waals surface area contributed by atoms with Crippen LogP contribution in [0.4, 0.5) is 4.39 Å². The first kappa shape index (κ1) is 21.5. The van der Waals surface area contributed by atoms with Crippen LogP contribution in [-0.4, -0.2) is 43.4 Å². The van der Waals surface area contributed by atoms with Gasteiger partial charge in [0.2, 0.25) is 5.91 Å². The van der Waals surface area contributed by atoms with Crippen molar-refractivity contribution < 1.29 is 18.7 Å². The van der Waals surface area contributed by atoms with Crippen LogP contribution in [0, 0.1) is 5.82 Å². The zero-order valence-electron chi connectivity index (χ0n) is 17.7. The first-order valence-electron chi connectivity index (χ1n) is 11.0. The molecule has 6 heteroatoms. The summed E-state index contributed by atoms with van der Waals surface area (Å²) in [7, 11) is 0. The molecular formula is C25H29FN2O3. The summed E-state index contributed by atoms with van der Waals surface area (Å²) in [5.74, 6) is -0.288. The van der Waals surface area contributed by atoms with E-state index in [4.69, 9.17) is 9.47 Å². The second kappa shape index (κ2) is 10.6. The molecule has 0 spiro atoms. The predicted octanol–water partition coefficient (Wildman–Crippen LogP) is 4.61. The van der Waals surface area contributed by atoms with Crippen LogP contribution < -0.4 is 5.32 Å². The molecular weight excluding hydrogens is 395 g/mol. The SMILES string of the molecule is O=C(CCc1c(-c2ccccc2)[nH]c2ccc(F)cc12)NCCCOCC1CCCO1. The fourth-order valence-corrected chi connectivity index (χ4v) is 4.05. The molecule has 1 aliphatic rings. The number of carbonyl (C=O) groups is 1. The number of rotatable bonds is 10. The highest BCUT2D eigenvalue weighted by Gasteiger charge is 2.16. The number of aromatic nitrogens is 1. The van der Waals surface area contributed by atoms with Crippen molar-refractivity contribution in [2.75, 3.05) is 26.4 Å². The lowest BCUT2D eigenvalue weighted by molar-refractivity contribution is -0.121. The Morgan fingerprint density at radius 1 is 1.23 bits per heavy atom. The molecule has 1 atom stereocenters. The van der Waals surface area contributed by atoms with Gasteiger partial charge < -0.3 is 19.8 Å². The van der Waals surface area contributed by atoms with E-state index in [-0.39, 0.29) is 17.8 Å². The number of fused-ring (bicyclic) bond motifs is 1. The van der Waals surface area contributed by atoms with Crippen molar-refractivity contribution in [1.82, 2.24) is 10.3 Å². The highest BCUT2D eigenvalue weighted by atomic mass is 19.1. The second-order valence-corrected chi connectivity index (χ2v) is 7.95. The van der Waals surface area contributed by atoms with E-state index in [1.165, 1.54) is 12.1 Å². The van der Waals surface area contributed by atoms with Crippen molar-refractivity contribution in [1.29, 1.82) is 0 Å². The maximum Gasteiger partial charge on any atom is 0.220 e. The maximum absolute atomic E-state index is 13.9. The number of benzene rings is 2. The number of amides is 1. The molecule has 0 radical (unpaired) electrons. The molecule has 3 aromatic rings. The number of aromatic amines is 1. The van der Waals surface area contributed by atoms with Gasteiger partial charge in [0.15, 0.2) is 0 Å². The molecule has 1 unspecified atom stereocenters. The molecule has 2 heterocycles. The van der Waals surface area contributed by atoms with E-state index >= 15 is 0 Å². The van der Waals surface area contributed by atoms with Gasteiger partial charge in [-0.15, -0.1) is 0 Å². The predicted molar refractivity (Wildman–Crippen MR) is 119 cm³/mol. The van der Waals surface area contributed by atoms with Gasteiger partial charge in [0.05, 0.1) is 12.7 Å². The Hall–Kier alpha value is -2.70. The van der Waals surface area contributed by atoms with Crippen molar-refractivity contribution in [3.8, 4) is 11.3 Å². The van der Waals surface area contributed by atoms with Crippen LogP contribution in [0.2, 0.25) is 0 Å². The van der Waals surface area contributed by atoms with E-state index in [0.29, 0.717) is 32.6 Å². The zero-order chi connectivity index (χ0) is 21.5. The Morgan fingerprint density at radius 2 is 2.10 bits per heavy atom. The average Bonchev–Trinajstić information content (AvgIpc) is 3.43. The quantitative estimate of drug-likeness (QED) is 0.467. The van der Waals surface area contributed by atoms with E-state index in [9.17, 15) is 9.18 Å². The van der Waals surface area contributed by atoms with Gasteiger partial charge in [-0.05, 0) is 55.0 Å². The maximum atomic E-state index is 13.9. The largest absolute Gasteiger partial charge is 0.379 e. The van der Waals surface area contributed by atoms with Crippen molar-refractivity contribution in [2.45, 2.75) is 38.2 Å². The van der Waals surface area contributed by atoms with Crippen molar-refractivity contribution >= 4 is 16.8 Å². The normalized spacial score (nSPS) is 16.1. The lowest BCUT2D eigenvalue weighted by Gasteiger charge is -2.10. The average molecular weight is 425 g/mol. The number of carbonyl (C=O) groups excluding carboxylic acids is 1. The van der Waals surface area contributed by atoms with Crippen molar-refractivity contribution in [3.63, 3.8) is 0 Å². The fourth-order valence-electron chi connectivity index (χ4n) is 4.05.